The van der Waals surface area contributed by atoms with Crippen LogP contribution in [0.2, 0.25) is 5.02 Å². The van der Waals surface area contributed by atoms with Crippen LogP contribution >= 0.6 is 11.6 Å². The summed E-state index contributed by atoms with van der Waals surface area (Å²) in [5.41, 5.74) is -0.0402. The summed E-state index contributed by atoms with van der Waals surface area (Å²) in [6, 6.07) is 9.64. The summed E-state index contributed by atoms with van der Waals surface area (Å²) >= 11 is 6.18. The van der Waals surface area contributed by atoms with Gasteiger partial charge in [0.15, 0.2) is 0 Å². The van der Waals surface area contributed by atoms with E-state index in [1.54, 1.807) is 0 Å². The standard InChI is InChI=1S/C19H24ClN3O/c1-19(2,3)18-21-11-8-17(22-18)23-12-9-14(10-13-23)24-16-7-5-4-6-15(16)20/h4-8,11,14H,9-10,12-13H2,1-3H3. The van der Waals surface area contributed by atoms with E-state index in [9.17, 15) is 0 Å². The Bertz CT molecular complexity index is 691. The maximum absolute atomic E-state index is 6.18. The number of halogens is 1. The van der Waals surface area contributed by atoms with Gasteiger partial charge in [0, 0.05) is 37.5 Å². The van der Waals surface area contributed by atoms with E-state index in [0.717, 1.165) is 43.3 Å². The molecule has 1 saturated heterocycles. The van der Waals surface area contributed by atoms with E-state index < -0.39 is 0 Å². The molecule has 1 aromatic heterocycles. The molecule has 4 nitrogen and oxygen atoms in total. The Morgan fingerprint density at radius 3 is 2.50 bits per heavy atom. The minimum Gasteiger partial charge on any atom is -0.489 e. The molecule has 0 saturated carbocycles. The maximum atomic E-state index is 6.18. The van der Waals surface area contributed by atoms with Gasteiger partial charge in [0.1, 0.15) is 23.5 Å². The Morgan fingerprint density at radius 2 is 1.83 bits per heavy atom. The normalized spacial score (nSPS) is 16.2. The monoisotopic (exact) mass is 345 g/mol. The number of para-hydroxylation sites is 1. The third kappa shape index (κ3) is 3.99. The van der Waals surface area contributed by atoms with Crippen molar-refractivity contribution in [3.8, 4) is 5.75 Å². The molecule has 1 aliphatic rings. The first-order chi connectivity index (χ1) is 11.4. The molecule has 1 aliphatic heterocycles. The lowest BCUT2D eigenvalue weighted by Crippen LogP contribution is -2.39. The van der Waals surface area contributed by atoms with Crippen LogP contribution in [0.25, 0.3) is 0 Å². The van der Waals surface area contributed by atoms with Crippen LogP contribution in [-0.2, 0) is 5.41 Å². The van der Waals surface area contributed by atoms with E-state index in [-0.39, 0.29) is 11.5 Å². The largest absolute Gasteiger partial charge is 0.489 e. The average Bonchev–Trinajstić information content (AvgIpc) is 2.57. The molecule has 0 atom stereocenters. The van der Waals surface area contributed by atoms with Crippen LogP contribution in [0.3, 0.4) is 0 Å². The number of nitrogens with zero attached hydrogens (tertiary/aromatic N) is 3. The summed E-state index contributed by atoms with van der Waals surface area (Å²) in [4.78, 5) is 11.5. The smallest absolute Gasteiger partial charge is 0.138 e. The summed E-state index contributed by atoms with van der Waals surface area (Å²) in [6.07, 6.45) is 3.97. The van der Waals surface area contributed by atoms with Crippen LogP contribution in [0.5, 0.6) is 5.75 Å². The molecule has 0 amide bonds. The minimum atomic E-state index is -0.0402. The molecule has 128 valence electrons. The summed E-state index contributed by atoms with van der Waals surface area (Å²) in [5, 5.41) is 0.672. The van der Waals surface area contributed by atoms with Crippen molar-refractivity contribution >= 4 is 17.4 Å². The quantitative estimate of drug-likeness (QED) is 0.822. The van der Waals surface area contributed by atoms with Gasteiger partial charge in [0.05, 0.1) is 5.02 Å². The molecule has 0 bridgehead atoms. The molecule has 1 aromatic carbocycles. The molecule has 2 aromatic rings. The molecule has 0 N–H and O–H groups in total. The van der Waals surface area contributed by atoms with E-state index >= 15 is 0 Å². The molecular formula is C19H24ClN3O. The zero-order valence-corrected chi connectivity index (χ0v) is 15.3. The van der Waals surface area contributed by atoms with Crippen molar-refractivity contribution < 1.29 is 4.74 Å². The second kappa shape index (κ2) is 6.98. The number of hydrogen-bond acceptors (Lipinski definition) is 4. The van der Waals surface area contributed by atoms with Crippen LogP contribution in [-0.4, -0.2) is 29.2 Å². The van der Waals surface area contributed by atoms with Gasteiger partial charge >= 0.3 is 0 Å². The Labute approximate surface area is 148 Å². The fourth-order valence-electron chi connectivity index (χ4n) is 2.81. The SMILES string of the molecule is CC(C)(C)c1nccc(N2CCC(Oc3ccccc3Cl)CC2)n1. The van der Waals surface area contributed by atoms with Crippen molar-refractivity contribution in [3.05, 3.63) is 47.4 Å². The number of aromatic nitrogens is 2. The third-order valence-electron chi connectivity index (χ3n) is 4.21. The lowest BCUT2D eigenvalue weighted by Gasteiger charge is -2.33. The van der Waals surface area contributed by atoms with Gasteiger partial charge in [-0.05, 0) is 18.2 Å². The first-order valence-corrected chi connectivity index (χ1v) is 8.81. The van der Waals surface area contributed by atoms with Crippen LogP contribution in [0.15, 0.2) is 36.5 Å². The lowest BCUT2D eigenvalue weighted by molar-refractivity contribution is 0.171. The zero-order valence-electron chi connectivity index (χ0n) is 14.5. The highest BCUT2D eigenvalue weighted by Crippen LogP contribution is 2.28. The molecule has 24 heavy (non-hydrogen) atoms. The highest BCUT2D eigenvalue weighted by Gasteiger charge is 2.24. The van der Waals surface area contributed by atoms with Gasteiger partial charge in [-0.1, -0.05) is 44.5 Å². The van der Waals surface area contributed by atoms with E-state index in [4.69, 9.17) is 21.3 Å². The van der Waals surface area contributed by atoms with Crippen LogP contribution in [0.4, 0.5) is 5.82 Å². The number of benzene rings is 1. The summed E-state index contributed by atoms with van der Waals surface area (Å²) < 4.78 is 6.06. The molecule has 0 spiro atoms. The van der Waals surface area contributed by atoms with Gasteiger partial charge in [-0.15, -0.1) is 0 Å². The average molecular weight is 346 g/mol. The minimum absolute atomic E-state index is 0.0402. The highest BCUT2D eigenvalue weighted by molar-refractivity contribution is 6.32. The number of anilines is 1. The molecule has 1 fully saturated rings. The molecular weight excluding hydrogens is 322 g/mol. The fourth-order valence-corrected chi connectivity index (χ4v) is 2.99. The van der Waals surface area contributed by atoms with Crippen LogP contribution < -0.4 is 9.64 Å². The van der Waals surface area contributed by atoms with Gasteiger partial charge < -0.3 is 9.64 Å². The number of piperidine rings is 1. The van der Waals surface area contributed by atoms with Gasteiger partial charge in [-0.25, -0.2) is 9.97 Å². The van der Waals surface area contributed by atoms with Crippen molar-refractivity contribution in [3.63, 3.8) is 0 Å². The van der Waals surface area contributed by atoms with Crippen molar-refractivity contribution in [2.75, 3.05) is 18.0 Å². The molecule has 5 heteroatoms. The summed E-state index contributed by atoms with van der Waals surface area (Å²) in [6.45, 7) is 8.26. The summed E-state index contributed by atoms with van der Waals surface area (Å²) in [5.74, 6) is 2.66. The topological polar surface area (TPSA) is 38.2 Å². The molecule has 0 radical (unpaired) electrons. The van der Waals surface area contributed by atoms with Gasteiger partial charge in [-0.2, -0.15) is 0 Å². The van der Waals surface area contributed by atoms with E-state index in [0.29, 0.717) is 5.02 Å². The van der Waals surface area contributed by atoms with Crippen molar-refractivity contribution in [2.45, 2.75) is 45.1 Å². The number of ether oxygens (including phenoxy) is 1. The first kappa shape index (κ1) is 17.0. The maximum Gasteiger partial charge on any atom is 0.138 e. The van der Waals surface area contributed by atoms with E-state index in [1.165, 1.54) is 0 Å². The third-order valence-corrected chi connectivity index (χ3v) is 4.52. The Kier molecular flexibility index (Phi) is 4.95. The van der Waals surface area contributed by atoms with Crippen molar-refractivity contribution in [1.82, 2.24) is 9.97 Å². The Balaban J connectivity index is 1.62. The second-order valence-corrected chi connectivity index (χ2v) is 7.63. The van der Waals surface area contributed by atoms with Crippen molar-refractivity contribution in [1.29, 1.82) is 0 Å². The van der Waals surface area contributed by atoms with Crippen LogP contribution in [0, 0.1) is 0 Å². The molecule has 2 heterocycles. The summed E-state index contributed by atoms with van der Waals surface area (Å²) in [7, 11) is 0. The molecule has 0 aliphatic carbocycles. The fraction of sp³-hybridized carbons (Fsp3) is 0.474. The zero-order chi connectivity index (χ0) is 17.2. The second-order valence-electron chi connectivity index (χ2n) is 7.22. The van der Waals surface area contributed by atoms with E-state index in [2.05, 4.69) is 30.7 Å². The van der Waals surface area contributed by atoms with Gasteiger partial charge in [-0.3, -0.25) is 0 Å². The first-order valence-electron chi connectivity index (χ1n) is 8.43. The van der Waals surface area contributed by atoms with Crippen LogP contribution in [0.1, 0.15) is 39.4 Å². The molecule has 0 unspecified atom stereocenters. The van der Waals surface area contributed by atoms with Gasteiger partial charge in [0.25, 0.3) is 0 Å². The van der Waals surface area contributed by atoms with E-state index in [1.807, 2.05) is 36.5 Å². The number of rotatable bonds is 3. The number of hydrogen-bond donors (Lipinski definition) is 0. The predicted molar refractivity (Wildman–Crippen MR) is 98.0 cm³/mol. The lowest BCUT2D eigenvalue weighted by atomic mass is 9.96. The van der Waals surface area contributed by atoms with Crippen molar-refractivity contribution in [2.24, 2.45) is 0 Å². The Morgan fingerprint density at radius 1 is 1.12 bits per heavy atom. The van der Waals surface area contributed by atoms with Gasteiger partial charge in [0.2, 0.25) is 0 Å². The highest BCUT2D eigenvalue weighted by atomic mass is 35.5. The predicted octanol–water partition coefficient (Wildman–Crippen LogP) is 4.48. The molecule has 3 rings (SSSR count). The Hall–Kier alpha value is -1.81.